The first-order chi connectivity index (χ1) is 14.5. The molecule has 1 fully saturated rings. The van der Waals surface area contributed by atoms with Crippen molar-refractivity contribution in [2.45, 2.75) is 58.5 Å². The van der Waals surface area contributed by atoms with Gasteiger partial charge >= 0.3 is 5.69 Å². The highest BCUT2D eigenvalue weighted by Gasteiger charge is 2.23. The maximum atomic E-state index is 13.6. The van der Waals surface area contributed by atoms with Crippen LogP contribution >= 0.6 is 11.5 Å². The molecule has 2 aromatic carbocycles. The maximum absolute atomic E-state index is 13.6. The number of hydrogen-bond acceptors (Lipinski definition) is 4. The van der Waals surface area contributed by atoms with E-state index >= 15 is 0 Å². The summed E-state index contributed by atoms with van der Waals surface area (Å²) in [5.74, 6) is 0. The van der Waals surface area contributed by atoms with Gasteiger partial charge in [-0.3, -0.25) is 13.9 Å². The van der Waals surface area contributed by atoms with Gasteiger partial charge in [-0.2, -0.15) is 4.37 Å². The lowest BCUT2D eigenvalue weighted by Gasteiger charge is -2.24. The van der Waals surface area contributed by atoms with Crippen LogP contribution in [0.15, 0.2) is 46.0 Å². The predicted molar refractivity (Wildman–Crippen MR) is 123 cm³/mol. The van der Waals surface area contributed by atoms with E-state index in [1.807, 2.05) is 24.3 Å². The van der Waals surface area contributed by atoms with Crippen LogP contribution in [0.25, 0.3) is 21.8 Å². The summed E-state index contributed by atoms with van der Waals surface area (Å²) in [5, 5.41) is 1.74. The van der Waals surface area contributed by atoms with Gasteiger partial charge < -0.3 is 0 Å². The van der Waals surface area contributed by atoms with Crippen molar-refractivity contribution >= 4 is 33.3 Å². The van der Waals surface area contributed by atoms with Crippen molar-refractivity contribution < 1.29 is 0 Å². The first kappa shape index (κ1) is 19.2. The zero-order valence-corrected chi connectivity index (χ0v) is 18.2. The normalized spacial score (nSPS) is 15.3. The van der Waals surface area contributed by atoms with Gasteiger partial charge in [0.05, 0.1) is 27.8 Å². The summed E-state index contributed by atoms with van der Waals surface area (Å²) >= 11 is 1.45. The Morgan fingerprint density at radius 3 is 2.63 bits per heavy atom. The van der Waals surface area contributed by atoms with Gasteiger partial charge in [-0.25, -0.2) is 4.79 Å². The molecule has 0 amide bonds. The van der Waals surface area contributed by atoms with E-state index in [4.69, 9.17) is 0 Å². The van der Waals surface area contributed by atoms with Crippen molar-refractivity contribution in [1.29, 1.82) is 0 Å². The number of fused-ring (bicyclic) bond motifs is 2. The fourth-order valence-corrected chi connectivity index (χ4v) is 5.83. The Labute approximate surface area is 178 Å². The second-order valence-electron chi connectivity index (χ2n) is 8.43. The molecule has 0 aliphatic heterocycles. The molecular weight excluding hydrogens is 394 g/mol. The van der Waals surface area contributed by atoms with Crippen LogP contribution in [0.1, 0.15) is 54.1 Å². The monoisotopic (exact) mass is 419 g/mol. The lowest BCUT2D eigenvalue weighted by Crippen LogP contribution is -2.43. The number of nitrogens with zero attached hydrogens (tertiary/aromatic N) is 3. The standard InChI is InChI=1S/C24H25N3O2S/c1-15-12-16(2)22-19(13-15)25-30-21(22)14-26-20-11-7-6-10-18(20)23(28)27(24(26)29)17-8-4-3-5-9-17/h6-7,10-13,17H,3-5,8-9,14H2,1-2H3. The smallest absolute Gasteiger partial charge is 0.288 e. The molecule has 2 aromatic heterocycles. The van der Waals surface area contributed by atoms with Crippen LogP contribution in [-0.4, -0.2) is 13.5 Å². The molecule has 0 radical (unpaired) electrons. The van der Waals surface area contributed by atoms with Gasteiger partial charge in [0.2, 0.25) is 0 Å². The fraction of sp³-hybridized carbons (Fsp3) is 0.375. The van der Waals surface area contributed by atoms with Crippen molar-refractivity contribution in [3.05, 3.63) is 73.2 Å². The van der Waals surface area contributed by atoms with Crippen molar-refractivity contribution in [3.63, 3.8) is 0 Å². The number of benzene rings is 2. The van der Waals surface area contributed by atoms with Crippen LogP contribution in [0.5, 0.6) is 0 Å². The van der Waals surface area contributed by atoms with E-state index in [9.17, 15) is 9.59 Å². The minimum absolute atomic E-state index is 0.00260. The first-order valence-corrected chi connectivity index (χ1v) is 11.4. The molecule has 2 heterocycles. The quantitative estimate of drug-likeness (QED) is 0.472. The largest absolute Gasteiger partial charge is 0.332 e. The molecule has 154 valence electrons. The van der Waals surface area contributed by atoms with Crippen LogP contribution in [0.2, 0.25) is 0 Å². The highest BCUT2D eigenvalue weighted by molar-refractivity contribution is 7.07. The molecule has 1 aliphatic carbocycles. The molecule has 4 aromatic rings. The summed E-state index contributed by atoms with van der Waals surface area (Å²) in [5.41, 5.74) is 3.69. The third-order valence-electron chi connectivity index (χ3n) is 6.31. The van der Waals surface area contributed by atoms with Crippen molar-refractivity contribution in [1.82, 2.24) is 13.5 Å². The summed E-state index contributed by atoms with van der Waals surface area (Å²) in [6.45, 7) is 4.60. The third kappa shape index (κ3) is 3.10. The molecule has 5 rings (SSSR count). The summed E-state index contributed by atoms with van der Waals surface area (Å²) in [6.07, 6.45) is 5.12. The van der Waals surface area contributed by atoms with Gasteiger partial charge in [0, 0.05) is 11.4 Å². The maximum Gasteiger partial charge on any atom is 0.332 e. The molecule has 5 nitrogen and oxygen atoms in total. The lowest BCUT2D eigenvalue weighted by molar-refractivity contribution is 0.333. The molecule has 1 aliphatic rings. The molecule has 30 heavy (non-hydrogen) atoms. The van der Waals surface area contributed by atoms with Crippen LogP contribution < -0.4 is 11.2 Å². The number of aryl methyl sites for hydroxylation is 2. The Bertz CT molecular complexity index is 1370. The summed E-state index contributed by atoms with van der Waals surface area (Å²) in [4.78, 5) is 27.9. The van der Waals surface area contributed by atoms with E-state index in [0.29, 0.717) is 17.4 Å². The average molecular weight is 420 g/mol. The summed E-state index contributed by atoms with van der Waals surface area (Å²) < 4.78 is 7.94. The molecular formula is C24H25N3O2S. The SMILES string of the molecule is Cc1cc(C)c2c(Cn3c(=O)n(C4CCCCC4)c(=O)c4ccccc43)snc2c1. The minimum atomic E-state index is -0.197. The van der Waals surface area contributed by atoms with E-state index in [1.165, 1.54) is 33.6 Å². The summed E-state index contributed by atoms with van der Waals surface area (Å²) in [6, 6.07) is 11.7. The fourth-order valence-electron chi connectivity index (χ4n) is 4.94. The summed E-state index contributed by atoms with van der Waals surface area (Å²) in [7, 11) is 0. The molecule has 0 saturated heterocycles. The molecule has 6 heteroatoms. The van der Waals surface area contributed by atoms with Crippen LogP contribution in [0.3, 0.4) is 0 Å². The van der Waals surface area contributed by atoms with Crippen molar-refractivity contribution in [2.24, 2.45) is 0 Å². The Balaban J connectivity index is 1.73. The molecule has 0 N–H and O–H groups in total. The van der Waals surface area contributed by atoms with E-state index in [0.717, 1.165) is 41.5 Å². The van der Waals surface area contributed by atoms with Crippen LogP contribution in [0.4, 0.5) is 0 Å². The minimum Gasteiger partial charge on any atom is -0.288 e. The topological polar surface area (TPSA) is 56.9 Å². The Kier molecular flexibility index (Phi) is 4.82. The van der Waals surface area contributed by atoms with Gasteiger partial charge in [0.15, 0.2) is 0 Å². The van der Waals surface area contributed by atoms with Crippen molar-refractivity contribution in [3.8, 4) is 0 Å². The Morgan fingerprint density at radius 1 is 1.07 bits per heavy atom. The number of para-hydroxylation sites is 1. The van der Waals surface area contributed by atoms with Gasteiger partial charge in [-0.1, -0.05) is 37.5 Å². The van der Waals surface area contributed by atoms with Gasteiger partial charge in [0.1, 0.15) is 0 Å². The van der Waals surface area contributed by atoms with Crippen molar-refractivity contribution in [2.75, 3.05) is 0 Å². The van der Waals surface area contributed by atoms with E-state index in [2.05, 4.69) is 30.4 Å². The van der Waals surface area contributed by atoms with E-state index in [1.54, 1.807) is 4.57 Å². The Morgan fingerprint density at radius 2 is 1.83 bits per heavy atom. The first-order valence-electron chi connectivity index (χ1n) is 10.6. The second-order valence-corrected chi connectivity index (χ2v) is 9.29. The number of hydrogen-bond donors (Lipinski definition) is 0. The average Bonchev–Trinajstić information content (AvgIpc) is 3.15. The third-order valence-corrected chi connectivity index (χ3v) is 7.16. The van der Waals surface area contributed by atoms with Gasteiger partial charge in [0.25, 0.3) is 5.56 Å². The highest BCUT2D eigenvalue weighted by Crippen LogP contribution is 2.29. The molecule has 0 bridgehead atoms. The highest BCUT2D eigenvalue weighted by atomic mass is 32.1. The second kappa shape index (κ2) is 7.51. The number of aromatic nitrogens is 3. The zero-order valence-electron chi connectivity index (χ0n) is 17.4. The Hall–Kier alpha value is -2.73. The molecule has 0 spiro atoms. The van der Waals surface area contributed by atoms with Crippen LogP contribution in [0, 0.1) is 13.8 Å². The lowest BCUT2D eigenvalue weighted by atomic mass is 9.95. The zero-order chi connectivity index (χ0) is 20.8. The van der Waals surface area contributed by atoms with Gasteiger partial charge in [-0.05, 0) is 67.5 Å². The number of rotatable bonds is 3. The van der Waals surface area contributed by atoms with Gasteiger partial charge in [-0.15, -0.1) is 0 Å². The van der Waals surface area contributed by atoms with Crippen LogP contribution in [-0.2, 0) is 6.54 Å². The molecule has 0 unspecified atom stereocenters. The predicted octanol–water partition coefficient (Wildman–Crippen LogP) is 4.94. The van der Waals surface area contributed by atoms with E-state index in [-0.39, 0.29) is 17.3 Å². The van der Waals surface area contributed by atoms with E-state index < -0.39 is 0 Å². The molecule has 1 saturated carbocycles. The molecule has 0 atom stereocenters.